The molecule has 4 nitrogen and oxygen atoms in total. The maximum absolute atomic E-state index is 13.5. The molecule has 0 aliphatic carbocycles. The number of anilines is 2. The Morgan fingerprint density at radius 1 is 1.55 bits per heavy atom. The molecule has 20 heavy (non-hydrogen) atoms. The number of benzene rings is 1. The van der Waals surface area contributed by atoms with Gasteiger partial charge in [0, 0.05) is 12.2 Å². The van der Waals surface area contributed by atoms with Gasteiger partial charge in [-0.3, -0.25) is 9.69 Å². The third-order valence-corrected chi connectivity index (χ3v) is 3.81. The lowest BCUT2D eigenvalue weighted by atomic mass is 9.96. The van der Waals surface area contributed by atoms with Gasteiger partial charge in [0.05, 0.1) is 12.2 Å². The minimum atomic E-state index is -0.461. The van der Waals surface area contributed by atoms with Crippen molar-refractivity contribution in [3.63, 3.8) is 0 Å². The second-order valence-corrected chi connectivity index (χ2v) is 5.44. The molecule has 1 aromatic carbocycles. The lowest BCUT2D eigenvalue weighted by Gasteiger charge is -2.31. The number of hydrogen-bond acceptors (Lipinski definition) is 3. The number of nitrogen functional groups attached to an aromatic ring is 1. The Labute approximate surface area is 119 Å². The van der Waals surface area contributed by atoms with Crippen molar-refractivity contribution in [2.45, 2.75) is 26.2 Å². The van der Waals surface area contributed by atoms with Gasteiger partial charge in [0.1, 0.15) is 5.82 Å². The number of rotatable bonds is 4. The highest BCUT2D eigenvalue weighted by Crippen LogP contribution is 2.20. The van der Waals surface area contributed by atoms with Crippen molar-refractivity contribution in [3.05, 3.63) is 24.0 Å². The average Bonchev–Trinajstić information content (AvgIpc) is 2.43. The van der Waals surface area contributed by atoms with E-state index in [4.69, 9.17) is 5.73 Å². The number of amides is 1. The van der Waals surface area contributed by atoms with E-state index in [1.165, 1.54) is 24.6 Å². The molecule has 0 spiro atoms. The van der Waals surface area contributed by atoms with Crippen LogP contribution in [-0.2, 0) is 4.79 Å². The van der Waals surface area contributed by atoms with Crippen LogP contribution < -0.4 is 11.1 Å². The summed E-state index contributed by atoms with van der Waals surface area (Å²) in [6, 6.07) is 4.18. The van der Waals surface area contributed by atoms with E-state index in [9.17, 15) is 9.18 Å². The highest BCUT2D eigenvalue weighted by Gasteiger charge is 2.20. The second kappa shape index (κ2) is 6.70. The van der Waals surface area contributed by atoms with E-state index in [2.05, 4.69) is 17.1 Å². The van der Waals surface area contributed by atoms with Crippen LogP contribution in [-0.4, -0.2) is 30.4 Å². The number of nitrogens with zero attached hydrogens (tertiary/aromatic N) is 1. The molecule has 1 aliphatic heterocycles. The Hall–Kier alpha value is -1.62. The minimum Gasteiger partial charge on any atom is -0.399 e. The molecule has 0 bridgehead atoms. The average molecular weight is 279 g/mol. The van der Waals surface area contributed by atoms with E-state index in [1.807, 2.05) is 0 Å². The molecule has 1 heterocycles. The molecule has 2 rings (SSSR count). The molecule has 1 saturated heterocycles. The van der Waals surface area contributed by atoms with Crippen molar-refractivity contribution in [2.75, 3.05) is 30.7 Å². The summed E-state index contributed by atoms with van der Waals surface area (Å²) in [5, 5.41) is 2.60. The maximum Gasteiger partial charge on any atom is 0.238 e. The smallest absolute Gasteiger partial charge is 0.238 e. The van der Waals surface area contributed by atoms with Gasteiger partial charge in [0.2, 0.25) is 5.91 Å². The van der Waals surface area contributed by atoms with Crippen molar-refractivity contribution in [3.8, 4) is 0 Å². The molecule has 1 aromatic rings. The summed E-state index contributed by atoms with van der Waals surface area (Å²) in [5.74, 6) is 0.0181. The summed E-state index contributed by atoms with van der Waals surface area (Å²) in [5.41, 5.74) is 6.18. The summed E-state index contributed by atoms with van der Waals surface area (Å²) in [4.78, 5) is 14.1. The van der Waals surface area contributed by atoms with Crippen molar-refractivity contribution in [2.24, 2.45) is 5.92 Å². The molecule has 1 atom stereocenters. The Bertz CT molecular complexity index is 478. The van der Waals surface area contributed by atoms with Crippen molar-refractivity contribution in [1.29, 1.82) is 0 Å². The van der Waals surface area contributed by atoms with Gasteiger partial charge in [-0.05, 0) is 43.5 Å². The van der Waals surface area contributed by atoms with Crippen LogP contribution in [0.4, 0.5) is 15.8 Å². The highest BCUT2D eigenvalue weighted by molar-refractivity contribution is 5.92. The van der Waals surface area contributed by atoms with Gasteiger partial charge in [-0.25, -0.2) is 4.39 Å². The van der Waals surface area contributed by atoms with E-state index in [0.29, 0.717) is 18.2 Å². The summed E-state index contributed by atoms with van der Waals surface area (Å²) < 4.78 is 13.5. The van der Waals surface area contributed by atoms with Crippen LogP contribution in [0.2, 0.25) is 0 Å². The Morgan fingerprint density at radius 3 is 3.10 bits per heavy atom. The predicted octanol–water partition coefficient (Wildman–Crippen LogP) is 2.47. The number of nitrogens with two attached hydrogens (primary N) is 1. The SMILES string of the molecule is CCC1CCCN(CC(=O)Nc2cc(N)ccc2F)C1. The molecule has 0 aromatic heterocycles. The number of likely N-dealkylation sites (tertiary alicyclic amines) is 1. The molecular weight excluding hydrogens is 257 g/mol. The van der Waals surface area contributed by atoms with Crippen LogP contribution in [0.1, 0.15) is 26.2 Å². The first kappa shape index (κ1) is 14.8. The molecule has 1 unspecified atom stereocenters. The summed E-state index contributed by atoms with van der Waals surface area (Å²) in [6.45, 7) is 4.37. The maximum atomic E-state index is 13.5. The van der Waals surface area contributed by atoms with Crippen molar-refractivity contribution >= 4 is 17.3 Å². The highest BCUT2D eigenvalue weighted by atomic mass is 19.1. The fourth-order valence-corrected chi connectivity index (χ4v) is 2.66. The van der Waals surface area contributed by atoms with Crippen molar-refractivity contribution in [1.82, 2.24) is 4.90 Å². The number of piperidine rings is 1. The Morgan fingerprint density at radius 2 is 2.35 bits per heavy atom. The van der Waals surface area contributed by atoms with E-state index in [0.717, 1.165) is 25.9 Å². The lowest BCUT2D eigenvalue weighted by molar-refractivity contribution is -0.117. The first-order valence-corrected chi connectivity index (χ1v) is 7.15. The first-order chi connectivity index (χ1) is 9.58. The Balaban J connectivity index is 1.90. The summed E-state index contributed by atoms with van der Waals surface area (Å²) in [6.07, 6.45) is 3.50. The molecule has 1 fully saturated rings. The van der Waals surface area contributed by atoms with Gasteiger partial charge in [-0.1, -0.05) is 13.3 Å². The zero-order chi connectivity index (χ0) is 14.5. The third-order valence-electron chi connectivity index (χ3n) is 3.81. The largest absolute Gasteiger partial charge is 0.399 e. The fourth-order valence-electron chi connectivity index (χ4n) is 2.66. The van der Waals surface area contributed by atoms with Crippen molar-refractivity contribution < 1.29 is 9.18 Å². The summed E-state index contributed by atoms with van der Waals surface area (Å²) >= 11 is 0. The molecule has 1 aliphatic rings. The first-order valence-electron chi connectivity index (χ1n) is 7.15. The van der Waals surface area contributed by atoms with E-state index in [1.54, 1.807) is 0 Å². The van der Waals surface area contributed by atoms with Crippen LogP contribution in [0.15, 0.2) is 18.2 Å². The van der Waals surface area contributed by atoms with Gasteiger partial charge in [-0.15, -0.1) is 0 Å². The molecule has 0 saturated carbocycles. The van der Waals surface area contributed by atoms with E-state index >= 15 is 0 Å². The monoisotopic (exact) mass is 279 g/mol. The minimum absolute atomic E-state index is 0.152. The number of nitrogens with one attached hydrogen (secondary N) is 1. The third kappa shape index (κ3) is 3.93. The zero-order valence-electron chi connectivity index (χ0n) is 11.9. The van der Waals surface area contributed by atoms with Crippen LogP contribution in [0.3, 0.4) is 0 Å². The standard InChI is InChI=1S/C15H22FN3O/c1-2-11-4-3-7-19(9-11)10-15(20)18-14-8-12(17)5-6-13(14)16/h5-6,8,11H,2-4,7,9-10,17H2,1H3,(H,18,20). The molecule has 1 amide bonds. The van der Waals surface area contributed by atoms with Gasteiger partial charge >= 0.3 is 0 Å². The second-order valence-electron chi connectivity index (χ2n) is 5.44. The lowest BCUT2D eigenvalue weighted by Crippen LogP contribution is -2.40. The topological polar surface area (TPSA) is 58.4 Å². The van der Waals surface area contributed by atoms with Gasteiger partial charge in [-0.2, -0.15) is 0 Å². The molecule has 110 valence electrons. The number of hydrogen-bond donors (Lipinski definition) is 2. The van der Waals surface area contributed by atoms with Gasteiger partial charge in [0.15, 0.2) is 0 Å². The van der Waals surface area contributed by atoms with E-state index in [-0.39, 0.29) is 11.6 Å². The number of halogens is 1. The number of carbonyl (C=O) groups is 1. The predicted molar refractivity (Wildman–Crippen MR) is 78.9 cm³/mol. The van der Waals surface area contributed by atoms with Crippen LogP contribution in [0.25, 0.3) is 0 Å². The van der Waals surface area contributed by atoms with E-state index < -0.39 is 5.82 Å². The fraction of sp³-hybridized carbons (Fsp3) is 0.533. The molecule has 5 heteroatoms. The van der Waals surface area contributed by atoms with Crippen LogP contribution in [0.5, 0.6) is 0 Å². The quantitative estimate of drug-likeness (QED) is 0.832. The Kier molecular flexibility index (Phi) is 4.95. The number of carbonyl (C=O) groups excluding carboxylic acids is 1. The van der Waals surface area contributed by atoms with Crippen LogP contribution >= 0.6 is 0 Å². The normalized spacial score (nSPS) is 19.8. The van der Waals surface area contributed by atoms with Gasteiger partial charge in [0.25, 0.3) is 0 Å². The molecule has 3 N–H and O–H groups in total. The zero-order valence-corrected chi connectivity index (χ0v) is 11.9. The molecule has 0 radical (unpaired) electrons. The van der Waals surface area contributed by atoms with Gasteiger partial charge < -0.3 is 11.1 Å². The van der Waals surface area contributed by atoms with Crippen LogP contribution in [0, 0.1) is 11.7 Å². The molecular formula is C15H22FN3O. The summed E-state index contributed by atoms with van der Waals surface area (Å²) in [7, 11) is 0.